The first-order valence-corrected chi connectivity index (χ1v) is 15.1. The summed E-state index contributed by atoms with van der Waals surface area (Å²) in [6.07, 6.45) is 8.30. The van der Waals surface area contributed by atoms with Gasteiger partial charge in [-0.1, -0.05) is 55.0 Å². The van der Waals surface area contributed by atoms with Crippen LogP contribution in [0.15, 0.2) is 146 Å². The fourth-order valence-electron chi connectivity index (χ4n) is 4.85. The molecule has 0 N–H and O–H groups in total. The third-order valence-electron chi connectivity index (χ3n) is 7.01. The first-order chi connectivity index (χ1) is 20.7. The van der Waals surface area contributed by atoms with Crippen molar-refractivity contribution < 1.29 is 33.7 Å². The van der Waals surface area contributed by atoms with E-state index < -0.39 is 0 Å². The van der Waals surface area contributed by atoms with Crippen LogP contribution in [0.4, 0.5) is 0 Å². The van der Waals surface area contributed by atoms with Gasteiger partial charge in [0, 0.05) is 6.07 Å². The minimum Gasteiger partial charge on any atom is -0.126 e. The van der Waals surface area contributed by atoms with Crippen molar-refractivity contribution in [1.82, 2.24) is 0 Å². The molecule has 0 saturated heterocycles. The van der Waals surface area contributed by atoms with E-state index in [0.717, 1.165) is 29.1 Å². The Bertz CT molecular complexity index is 1710. The maximum atomic E-state index is 5.21. The van der Waals surface area contributed by atoms with E-state index in [1.165, 1.54) is 60.1 Å². The second kappa shape index (κ2) is 14.6. The van der Waals surface area contributed by atoms with Crippen LogP contribution in [0.3, 0.4) is 0 Å². The van der Waals surface area contributed by atoms with Crippen molar-refractivity contribution in [3.05, 3.63) is 168 Å². The molecule has 1 aliphatic carbocycles. The van der Waals surface area contributed by atoms with Gasteiger partial charge >= 0.3 is 99.2 Å². The molecule has 42 heavy (non-hydrogen) atoms. The fraction of sp³-hybridized carbons (Fsp3) is 0.0769. The summed E-state index contributed by atoms with van der Waals surface area (Å²) in [5, 5.41) is 5.39. The molecule has 0 atom stereocenters. The summed E-state index contributed by atoms with van der Waals surface area (Å²) in [6, 6.07) is 46.2. The number of allylic oxidation sites excluding steroid dienone is 4. The number of hydrogen-bond acceptors (Lipinski definition) is 2. The second-order valence-electron chi connectivity index (χ2n) is 9.72. The van der Waals surface area contributed by atoms with Crippen LogP contribution >= 0.6 is 0 Å². The molecule has 0 unspecified atom stereocenters. The monoisotopic (exact) mass is 622 g/mol. The van der Waals surface area contributed by atoms with E-state index in [9.17, 15) is 0 Å². The van der Waals surface area contributed by atoms with Gasteiger partial charge in [0.15, 0.2) is 0 Å². The third kappa shape index (κ3) is 7.35. The van der Waals surface area contributed by atoms with Gasteiger partial charge in [-0.15, -0.1) is 51.4 Å². The van der Waals surface area contributed by atoms with Crippen LogP contribution in [-0.2, 0) is 24.2 Å². The van der Waals surface area contributed by atoms with Crippen LogP contribution in [0.25, 0.3) is 27.1 Å². The molecule has 0 amide bonds. The van der Waals surface area contributed by atoms with Crippen molar-refractivity contribution in [1.29, 1.82) is 0 Å². The Morgan fingerprint density at radius 1 is 0.643 bits per heavy atom. The molecule has 0 bridgehead atoms. The molecule has 0 saturated carbocycles. The normalized spacial score (nSPS) is 11.7. The molecule has 0 spiro atoms. The van der Waals surface area contributed by atoms with E-state index in [-0.39, 0.29) is 0 Å². The molecule has 6 aromatic rings. The molecule has 3 heteroatoms. The van der Waals surface area contributed by atoms with Crippen LogP contribution in [-0.4, -0.2) is 17.4 Å². The maximum absolute atomic E-state index is 5.21. The molecule has 7 rings (SSSR count). The topological polar surface area (TPSA) is 18.5 Å². The minimum absolute atomic E-state index is 0.805. The van der Waals surface area contributed by atoms with Crippen LogP contribution in [0, 0.1) is 6.08 Å². The number of hydrogen-bond donors (Lipinski definition) is 0. The number of ether oxygens (including phenoxy) is 2. The van der Waals surface area contributed by atoms with Crippen LogP contribution < -0.4 is 9.47 Å². The summed E-state index contributed by atoms with van der Waals surface area (Å²) in [5.41, 5.74) is 4.85. The van der Waals surface area contributed by atoms with Crippen molar-refractivity contribution >= 4 is 30.3 Å². The van der Waals surface area contributed by atoms with Gasteiger partial charge < -0.3 is 9.47 Å². The largest absolute Gasteiger partial charge is 0.126 e. The molecular formula is C39H32O2Zr. The van der Waals surface area contributed by atoms with Crippen LogP contribution in [0.1, 0.15) is 23.1 Å². The van der Waals surface area contributed by atoms with Gasteiger partial charge in [0.1, 0.15) is 11.5 Å². The zero-order valence-electron chi connectivity index (χ0n) is 23.9. The van der Waals surface area contributed by atoms with Crippen LogP contribution in [0.5, 0.6) is 11.5 Å². The summed E-state index contributed by atoms with van der Waals surface area (Å²) in [7, 11) is 3.31. The Labute approximate surface area is 263 Å². The molecule has 0 aliphatic heterocycles. The molecule has 0 radical (unpaired) electrons. The van der Waals surface area contributed by atoms with E-state index in [0.29, 0.717) is 0 Å². The maximum Gasteiger partial charge on any atom is -0.0771 e. The standard InChI is InChI=1S/C13H13O2.C13H9.C13H10.Zr/c1-14-12-7-11(8-13(9-12)15-2)10-5-3-4-6-10;1-3-7-12-10(5-1)9-11-6-2-4-8-13(11)12;1-3-7-12(8-4-1)11-13-9-5-2-6-10-13;/h3,5,7-9H,4H2,1-2H3;1-9H;1-10H;/q2*-1;;+2. The van der Waals surface area contributed by atoms with Gasteiger partial charge in [-0.25, -0.2) is 0 Å². The summed E-state index contributed by atoms with van der Waals surface area (Å²) in [6.45, 7) is 0. The zero-order valence-corrected chi connectivity index (χ0v) is 26.3. The van der Waals surface area contributed by atoms with Crippen molar-refractivity contribution in [2.75, 3.05) is 14.2 Å². The molecular weight excluding hydrogens is 592 g/mol. The number of benzene rings is 5. The van der Waals surface area contributed by atoms with E-state index >= 15 is 0 Å². The smallest absolute Gasteiger partial charge is 0.0771 e. The van der Waals surface area contributed by atoms with Crippen molar-refractivity contribution in [2.24, 2.45) is 0 Å². The average molecular weight is 624 g/mol. The molecule has 0 aromatic heterocycles. The quantitative estimate of drug-likeness (QED) is 0.178. The predicted octanol–water partition coefficient (Wildman–Crippen LogP) is 9.36. The average Bonchev–Trinajstić information content (AvgIpc) is 3.74. The van der Waals surface area contributed by atoms with Gasteiger partial charge in [0.05, 0.1) is 14.2 Å². The molecule has 0 fully saturated rings. The Hall–Kier alpha value is -4.20. The van der Waals surface area contributed by atoms with Crippen molar-refractivity contribution in [3.8, 4) is 11.5 Å². The van der Waals surface area contributed by atoms with Crippen molar-refractivity contribution in [2.45, 2.75) is 6.42 Å². The first kappa shape index (κ1) is 29.3. The summed E-state index contributed by atoms with van der Waals surface area (Å²) < 4.78 is 11.8. The van der Waals surface area contributed by atoms with Crippen molar-refractivity contribution in [3.63, 3.8) is 0 Å². The van der Waals surface area contributed by atoms with Gasteiger partial charge in [0.2, 0.25) is 0 Å². The Kier molecular flexibility index (Phi) is 10.2. The predicted molar refractivity (Wildman–Crippen MR) is 173 cm³/mol. The molecule has 6 aromatic carbocycles. The number of rotatable bonds is 5. The van der Waals surface area contributed by atoms with E-state index in [4.69, 9.17) is 9.47 Å². The first-order valence-electron chi connectivity index (χ1n) is 13.9. The van der Waals surface area contributed by atoms with Gasteiger partial charge in [-0.3, -0.25) is 0 Å². The summed E-state index contributed by atoms with van der Waals surface area (Å²) in [4.78, 5) is 0. The van der Waals surface area contributed by atoms with Gasteiger partial charge in [0.25, 0.3) is 0 Å². The van der Waals surface area contributed by atoms with E-state index in [2.05, 4.69) is 133 Å². The van der Waals surface area contributed by atoms with Crippen LogP contribution in [0.2, 0.25) is 0 Å². The number of fused-ring (bicyclic) bond motifs is 3. The minimum atomic E-state index is 0.805. The zero-order chi connectivity index (χ0) is 29.1. The summed E-state index contributed by atoms with van der Waals surface area (Å²) >= 11 is 1.46. The van der Waals surface area contributed by atoms with E-state index in [1.807, 2.05) is 18.2 Å². The molecule has 204 valence electrons. The third-order valence-corrected chi connectivity index (χ3v) is 8.42. The molecule has 1 aliphatic rings. The summed E-state index contributed by atoms with van der Waals surface area (Å²) in [5.74, 6) is 1.61. The van der Waals surface area contributed by atoms with E-state index in [1.54, 1.807) is 14.2 Å². The fourth-order valence-corrected chi connectivity index (χ4v) is 5.67. The molecule has 0 heterocycles. The Morgan fingerprint density at radius 2 is 1.12 bits per heavy atom. The number of methoxy groups -OCH3 is 2. The molecule has 2 nitrogen and oxygen atoms in total. The van der Waals surface area contributed by atoms with Gasteiger partial charge in [-0.2, -0.15) is 17.7 Å². The van der Waals surface area contributed by atoms with Gasteiger partial charge in [-0.05, 0) is 0 Å². The Balaban J connectivity index is 0.000000126. The second-order valence-corrected chi connectivity index (χ2v) is 11.0. The Morgan fingerprint density at radius 3 is 1.57 bits per heavy atom. The SMILES string of the molecule is COc1cc(OC)cc(C2=[C-]CC=C2)c1.[Zr+2]=[C](c1ccccc1)c1ccccc1.c1ccc2c(c1)[cH-]c1ccccc12.